The van der Waals surface area contributed by atoms with E-state index in [1.165, 1.54) is 19.3 Å². The molecule has 1 aliphatic carbocycles. The number of alkyl halides is 1. The summed E-state index contributed by atoms with van der Waals surface area (Å²) in [5.41, 5.74) is 5.65. The lowest BCUT2D eigenvalue weighted by molar-refractivity contribution is -0.0731. The van der Waals surface area contributed by atoms with Crippen molar-refractivity contribution in [3.8, 4) is 0 Å². The molecule has 1 fully saturated rings. The van der Waals surface area contributed by atoms with E-state index in [0.717, 1.165) is 18.8 Å². The third-order valence-corrected chi connectivity index (χ3v) is 3.65. The maximum Gasteiger partial charge on any atom is 0.0916 e. The number of rotatable bonds is 6. The molecule has 2 N–H and O–H groups in total. The number of halogens is 1. The summed E-state index contributed by atoms with van der Waals surface area (Å²) < 4.78 is 17.8. The van der Waals surface area contributed by atoms with E-state index in [1.807, 2.05) is 0 Å². The van der Waals surface area contributed by atoms with Crippen LogP contribution in [0.3, 0.4) is 0 Å². The van der Waals surface area contributed by atoms with Gasteiger partial charge in [0.05, 0.1) is 12.3 Å². The lowest BCUT2D eigenvalue weighted by atomic mass is 9.77. The molecule has 0 radical (unpaired) electrons. The molecule has 1 aliphatic rings. The van der Waals surface area contributed by atoms with Crippen molar-refractivity contribution in [2.45, 2.75) is 51.0 Å². The van der Waals surface area contributed by atoms with Gasteiger partial charge in [-0.3, -0.25) is 4.39 Å². The first-order valence-corrected chi connectivity index (χ1v) is 6.16. The summed E-state index contributed by atoms with van der Waals surface area (Å²) in [5, 5.41) is 0. The summed E-state index contributed by atoms with van der Waals surface area (Å²) in [7, 11) is 0. The quantitative estimate of drug-likeness (QED) is 0.694. The summed E-state index contributed by atoms with van der Waals surface area (Å²) >= 11 is 0. The van der Waals surface area contributed by atoms with Crippen LogP contribution < -0.4 is 5.73 Å². The molecule has 0 spiro atoms. The molecular weight excluding hydrogens is 193 g/mol. The van der Waals surface area contributed by atoms with Crippen LogP contribution in [0.25, 0.3) is 0 Å². The second kappa shape index (κ2) is 6.44. The zero-order valence-corrected chi connectivity index (χ0v) is 9.80. The van der Waals surface area contributed by atoms with Crippen molar-refractivity contribution in [2.24, 2.45) is 11.7 Å². The molecule has 0 bridgehead atoms. The average Bonchev–Trinajstić information content (AvgIpc) is 2.30. The lowest BCUT2D eigenvalue weighted by Crippen LogP contribution is -2.44. The van der Waals surface area contributed by atoms with Gasteiger partial charge in [-0.25, -0.2) is 0 Å². The van der Waals surface area contributed by atoms with Crippen molar-refractivity contribution < 1.29 is 9.13 Å². The van der Waals surface area contributed by atoms with Crippen LogP contribution in [0, 0.1) is 5.92 Å². The minimum atomic E-state index is -0.293. The van der Waals surface area contributed by atoms with Crippen LogP contribution in [0.1, 0.15) is 45.4 Å². The third kappa shape index (κ3) is 3.72. The molecule has 2 nitrogen and oxygen atoms in total. The SMILES string of the molecule is CCC1CCC(CN)(OCCCF)CC1. The summed E-state index contributed by atoms with van der Waals surface area (Å²) in [6.07, 6.45) is 6.28. The number of ether oxygens (including phenoxy) is 1. The van der Waals surface area contributed by atoms with Crippen molar-refractivity contribution in [1.82, 2.24) is 0 Å². The van der Waals surface area contributed by atoms with Crippen molar-refractivity contribution in [3.05, 3.63) is 0 Å². The van der Waals surface area contributed by atoms with E-state index in [9.17, 15) is 4.39 Å². The molecule has 0 unspecified atom stereocenters. The molecule has 0 atom stereocenters. The Bertz CT molecular complexity index is 161. The van der Waals surface area contributed by atoms with E-state index < -0.39 is 0 Å². The van der Waals surface area contributed by atoms with E-state index in [1.54, 1.807) is 0 Å². The highest BCUT2D eigenvalue weighted by Crippen LogP contribution is 2.35. The Balaban J connectivity index is 2.34. The highest BCUT2D eigenvalue weighted by Gasteiger charge is 2.34. The number of hydrogen-bond acceptors (Lipinski definition) is 2. The van der Waals surface area contributed by atoms with Gasteiger partial charge in [-0.1, -0.05) is 13.3 Å². The van der Waals surface area contributed by atoms with Crippen LogP contribution >= 0.6 is 0 Å². The minimum absolute atomic E-state index is 0.138. The van der Waals surface area contributed by atoms with Crippen LogP contribution in [-0.2, 0) is 4.74 Å². The van der Waals surface area contributed by atoms with Gasteiger partial charge in [0.1, 0.15) is 0 Å². The van der Waals surface area contributed by atoms with Gasteiger partial charge in [0, 0.05) is 13.2 Å². The molecule has 3 heteroatoms. The molecule has 0 aromatic carbocycles. The number of hydrogen-bond donors (Lipinski definition) is 1. The fraction of sp³-hybridized carbons (Fsp3) is 1.00. The van der Waals surface area contributed by atoms with E-state index in [4.69, 9.17) is 10.5 Å². The first-order valence-electron chi connectivity index (χ1n) is 6.16. The van der Waals surface area contributed by atoms with Gasteiger partial charge >= 0.3 is 0 Å². The molecule has 1 saturated carbocycles. The molecule has 0 aromatic heterocycles. The molecular formula is C12H24FNO. The fourth-order valence-electron chi connectivity index (χ4n) is 2.36. The highest BCUT2D eigenvalue weighted by atomic mass is 19.1. The molecule has 0 saturated heterocycles. The first kappa shape index (κ1) is 12.9. The fourth-order valence-corrected chi connectivity index (χ4v) is 2.36. The second-order valence-electron chi connectivity index (χ2n) is 4.63. The van der Waals surface area contributed by atoms with Gasteiger partial charge in [0.25, 0.3) is 0 Å². The molecule has 0 amide bonds. The normalized spacial score (nSPS) is 31.8. The van der Waals surface area contributed by atoms with Crippen LogP contribution in [0.5, 0.6) is 0 Å². The van der Waals surface area contributed by atoms with E-state index in [-0.39, 0.29) is 12.3 Å². The van der Waals surface area contributed by atoms with Crippen LogP contribution in [-0.4, -0.2) is 25.4 Å². The Morgan fingerprint density at radius 2 is 2.07 bits per heavy atom. The predicted octanol–water partition coefficient (Wildman–Crippen LogP) is 2.66. The summed E-state index contributed by atoms with van der Waals surface area (Å²) in [6, 6.07) is 0. The van der Waals surface area contributed by atoms with Crippen LogP contribution in [0.15, 0.2) is 0 Å². The Hall–Kier alpha value is -0.150. The Morgan fingerprint density at radius 3 is 2.53 bits per heavy atom. The number of nitrogens with two attached hydrogens (primary N) is 1. The standard InChI is InChI=1S/C12H24FNO/c1-2-11-4-6-12(10-14,7-5-11)15-9-3-8-13/h11H,2-10,14H2,1H3. The first-order chi connectivity index (χ1) is 7.26. The predicted molar refractivity (Wildman–Crippen MR) is 60.6 cm³/mol. The van der Waals surface area contributed by atoms with Crippen LogP contribution in [0.2, 0.25) is 0 Å². The van der Waals surface area contributed by atoms with Crippen LogP contribution in [0.4, 0.5) is 4.39 Å². The largest absolute Gasteiger partial charge is 0.374 e. The Labute approximate surface area is 92.4 Å². The molecule has 0 aromatic rings. The maximum absolute atomic E-state index is 12.0. The second-order valence-corrected chi connectivity index (χ2v) is 4.63. The van der Waals surface area contributed by atoms with Crippen molar-refractivity contribution in [1.29, 1.82) is 0 Å². The maximum atomic E-state index is 12.0. The van der Waals surface area contributed by atoms with Gasteiger partial charge < -0.3 is 10.5 Å². The Kier molecular flexibility index (Phi) is 5.54. The molecule has 0 heterocycles. The van der Waals surface area contributed by atoms with Crippen molar-refractivity contribution in [3.63, 3.8) is 0 Å². The van der Waals surface area contributed by atoms with E-state index >= 15 is 0 Å². The summed E-state index contributed by atoms with van der Waals surface area (Å²) in [5.74, 6) is 0.842. The van der Waals surface area contributed by atoms with Crippen molar-refractivity contribution >= 4 is 0 Å². The smallest absolute Gasteiger partial charge is 0.0916 e. The van der Waals surface area contributed by atoms with E-state index in [2.05, 4.69) is 6.92 Å². The van der Waals surface area contributed by atoms with E-state index in [0.29, 0.717) is 19.6 Å². The minimum Gasteiger partial charge on any atom is -0.374 e. The summed E-state index contributed by atoms with van der Waals surface area (Å²) in [6.45, 7) is 3.04. The zero-order valence-electron chi connectivity index (χ0n) is 9.80. The van der Waals surface area contributed by atoms with Gasteiger partial charge in [0.15, 0.2) is 0 Å². The topological polar surface area (TPSA) is 35.2 Å². The monoisotopic (exact) mass is 217 g/mol. The zero-order chi connectivity index (χ0) is 11.1. The molecule has 90 valence electrons. The van der Waals surface area contributed by atoms with Gasteiger partial charge in [0.2, 0.25) is 0 Å². The average molecular weight is 217 g/mol. The lowest BCUT2D eigenvalue weighted by Gasteiger charge is -2.39. The highest BCUT2D eigenvalue weighted by molar-refractivity contribution is 4.88. The summed E-state index contributed by atoms with van der Waals surface area (Å²) in [4.78, 5) is 0. The van der Waals surface area contributed by atoms with Gasteiger partial charge in [-0.2, -0.15) is 0 Å². The molecule has 1 rings (SSSR count). The molecule has 0 aliphatic heterocycles. The van der Waals surface area contributed by atoms with Gasteiger partial charge in [-0.05, 0) is 38.0 Å². The van der Waals surface area contributed by atoms with Gasteiger partial charge in [-0.15, -0.1) is 0 Å². The third-order valence-electron chi connectivity index (χ3n) is 3.65. The Morgan fingerprint density at radius 1 is 1.40 bits per heavy atom. The molecule has 15 heavy (non-hydrogen) atoms. The van der Waals surface area contributed by atoms with Crippen molar-refractivity contribution in [2.75, 3.05) is 19.8 Å².